The molecule has 2 rings (SSSR count). The molecule has 1 amide bonds. The normalized spacial score (nSPS) is 19.4. The fourth-order valence-corrected chi connectivity index (χ4v) is 2.11. The first-order valence-corrected chi connectivity index (χ1v) is 5.81. The summed E-state index contributed by atoms with van der Waals surface area (Å²) in [7, 11) is 1.76. The van der Waals surface area contributed by atoms with Crippen molar-refractivity contribution in [1.29, 1.82) is 0 Å². The van der Waals surface area contributed by atoms with Gasteiger partial charge in [0, 0.05) is 32.5 Å². The fourth-order valence-electron chi connectivity index (χ4n) is 2.11. The number of carbonyl (C=O) groups excluding carboxylic acids is 1. The predicted molar refractivity (Wildman–Crippen MR) is 62.0 cm³/mol. The standard InChI is InChI=1S/C11H18N4O2/c1-14-7-4-13-10(14)9(16)8(12)11(17)15-5-2-3-6-15/h4,7-9,16H,2-3,5-6,12H2,1H3/t8-,9-/m1/s1. The predicted octanol–water partition coefficient (Wildman–Crippen LogP) is -0.597. The van der Waals surface area contributed by atoms with Gasteiger partial charge in [0.25, 0.3) is 0 Å². The second-order valence-corrected chi connectivity index (χ2v) is 4.40. The third-order valence-electron chi connectivity index (χ3n) is 3.17. The molecular formula is C11H18N4O2. The van der Waals surface area contributed by atoms with Crippen LogP contribution in [0.2, 0.25) is 0 Å². The monoisotopic (exact) mass is 238 g/mol. The van der Waals surface area contributed by atoms with Crippen LogP contribution >= 0.6 is 0 Å². The van der Waals surface area contributed by atoms with Gasteiger partial charge >= 0.3 is 0 Å². The SMILES string of the molecule is Cn1ccnc1[C@H](O)[C@@H](N)C(=O)N1CCCC1. The van der Waals surface area contributed by atoms with E-state index >= 15 is 0 Å². The lowest BCUT2D eigenvalue weighted by atomic mass is 10.1. The maximum absolute atomic E-state index is 12.0. The van der Waals surface area contributed by atoms with E-state index in [1.54, 1.807) is 28.9 Å². The van der Waals surface area contributed by atoms with E-state index in [1.165, 1.54) is 0 Å². The summed E-state index contributed by atoms with van der Waals surface area (Å²) in [4.78, 5) is 17.7. The van der Waals surface area contributed by atoms with E-state index in [0.717, 1.165) is 25.9 Å². The van der Waals surface area contributed by atoms with Crippen molar-refractivity contribution in [2.45, 2.75) is 25.0 Å². The molecule has 0 aliphatic carbocycles. The van der Waals surface area contributed by atoms with Crippen molar-refractivity contribution in [2.75, 3.05) is 13.1 Å². The molecule has 1 aromatic rings. The van der Waals surface area contributed by atoms with Gasteiger partial charge in [-0.15, -0.1) is 0 Å². The summed E-state index contributed by atoms with van der Waals surface area (Å²) >= 11 is 0. The largest absolute Gasteiger partial charge is 0.383 e. The first-order chi connectivity index (χ1) is 8.11. The summed E-state index contributed by atoms with van der Waals surface area (Å²) in [5.74, 6) is 0.225. The smallest absolute Gasteiger partial charge is 0.242 e. The number of carbonyl (C=O) groups is 1. The lowest BCUT2D eigenvalue weighted by Gasteiger charge is -2.23. The molecule has 3 N–H and O–H groups in total. The van der Waals surface area contributed by atoms with Crippen LogP contribution in [-0.4, -0.2) is 44.6 Å². The number of hydrogen-bond donors (Lipinski definition) is 2. The first kappa shape index (κ1) is 12.1. The summed E-state index contributed by atoms with van der Waals surface area (Å²) in [6.07, 6.45) is 4.26. The summed E-state index contributed by atoms with van der Waals surface area (Å²) < 4.78 is 1.67. The van der Waals surface area contributed by atoms with Crippen molar-refractivity contribution in [2.24, 2.45) is 12.8 Å². The van der Waals surface area contributed by atoms with E-state index in [-0.39, 0.29) is 5.91 Å². The molecule has 1 aromatic heterocycles. The Hall–Kier alpha value is -1.40. The Balaban J connectivity index is 2.06. The second-order valence-electron chi connectivity index (χ2n) is 4.40. The molecule has 0 saturated carbocycles. The molecule has 0 spiro atoms. The average Bonchev–Trinajstić information content (AvgIpc) is 2.96. The van der Waals surface area contributed by atoms with Crippen LogP contribution in [0.15, 0.2) is 12.4 Å². The van der Waals surface area contributed by atoms with E-state index < -0.39 is 12.1 Å². The van der Waals surface area contributed by atoms with Crippen molar-refractivity contribution in [3.8, 4) is 0 Å². The zero-order chi connectivity index (χ0) is 12.4. The molecule has 94 valence electrons. The molecule has 1 aliphatic rings. The van der Waals surface area contributed by atoms with Gasteiger partial charge in [0.05, 0.1) is 0 Å². The quantitative estimate of drug-likeness (QED) is 0.736. The average molecular weight is 238 g/mol. The molecule has 1 saturated heterocycles. The second kappa shape index (κ2) is 4.85. The molecular weight excluding hydrogens is 220 g/mol. The molecule has 17 heavy (non-hydrogen) atoms. The molecule has 1 fully saturated rings. The molecule has 0 unspecified atom stereocenters. The van der Waals surface area contributed by atoms with E-state index in [2.05, 4.69) is 4.98 Å². The number of aliphatic hydroxyl groups excluding tert-OH is 1. The van der Waals surface area contributed by atoms with Crippen LogP contribution in [0.3, 0.4) is 0 Å². The number of aromatic nitrogens is 2. The molecule has 2 atom stereocenters. The third-order valence-corrected chi connectivity index (χ3v) is 3.17. The van der Waals surface area contributed by atoms with Gasteiger partial charge in [-0.05, 0) is 12.8 Å². The number of hydrogen-bond acceptors (Lipinski definition) is 4. The van der Waals surface area contributed by atoms with Gasteiger partial charge in [-0.25, -0.2) is 4.98 Å². The van der Waals surface area contributed by atoms with Gasteiger partial charge < -0.3 is 20.3 Å². The van der Waals surface area contributed by atoms with Crippen LogP contribution in [0.25, 0.3) is 0 Å². The Labute approximate surface area is 100 Å². The highest BCUT2D eigenvalue weighted by atomic mass is 16.3. The third kappa shape index (κ3) is 2.32. The van der Waals surface area contributed by atoms with Crippen molar-refractivity contribution in [1.82, 2.24) is 14.5 Å². The number of likely N-dealkylation sites (tertiary alicyclic amines) is 1. The Morgan fingerprint density at radius 3 is 2.71 bits per heavy atom. The fraction of sp³-hybridized carbons (Fsp3) is 0.636. The van der Waals surface area contributed by atoms with E-state index in [4.69, 9.17) is 5.73 Å². The number of nitrogens with zero attached hydrogens (tertiary/aromatic N) is 3. The summed E-state index contributed by atoms with van der Waals surface area (Å²) in [6.45, 7) is 1.47. The Kier molecular flexibility index (Phi) is 3.44. The number of rotatable bonds is 3. The van der Waals surface area contributed by atoms with Gasteiger partial charge in [-0.2, -0.15) is 0 Å². The van der Waals surface area contributed by atoms with Crippen molar-refractivity contribution >= 4 is 5.91 Å². The number of imidazole rings is 1. The Morgan fingerprint density at radius 1 is 1.53 bits per heavy atom. The summed E-state index contributed by atoms with van der Waals surface area (Å²) in [5.41, 5.74) is 5.81. The van der Waals surface area contributed by atoms with Crippen LogP contribution in [0.1, 0.15) is 24.8 Å². The van der Waals surface area contributed by atoms with E-state index in [0.29, 0.717) is 5.82 Å². The number of amides is 1. The number of nitrogens with two attached hydrogens (primary N) is 1. The minimum absolute atomic E-state index is 0.196. The van der Waals surface area contributed by atoms with Crippen molar-refractivity contribution in [3.05, 3.63) is 18.2 Å². The minimum Gasteiger partial charge on any atom is -0.383 e. The zero-order valence-electron chi connectivity index (χ0n) is 9.91. The lowest BCUT2D eigenvalue weighted by molar-refractivity contribution is -0.134. The van der Waals surface area contributed by atoms with Crippen LogP contribution in [0, 0.1) is 0 Å². The summed E-state index contributed by atoms with van der Waals surface area (Å²) in [6, 6.07) is -0.936. The molecule has 6 heteroatoms. The topological polar surface area (TPSA) is 84.4 Å². The van der Waals surface area contributed by atoms with Crippen LogP contribution in [0.5, 0.6) is 0 Å². The molecule has 0 radical (unpaired) electrons. The highest BCUT2D eigenvalue weighted by Crippen LogP contribution is 2.17. The Bertz CT molecular complexity index is 398. The Morgan fingerprint density at radius 2 is 2.18 bits per heavy atom. The van der Waals surface area contributed by atoms with Gasteiger partial charge in [0.2, 0.25) is 5.91 Å². The van der Waals surface area contributed by atoms with Gasteiger partial charge in [-0.1, -0.05) is 0 Å². The first-order valence-electron chi connectivity index (χ1n) is 5.81. The lowest BCUT2D eigenvalue weighted by Crippen LogP contribution is -2.46. The summed E-state index contributed by atoms with van der Waals surface area (Å²) in [5, 5.41) is 10.0. The molecule has 6 nitrogen and oxygen atoms in total. The maximum atomic E-state index is 12.0. The van der Waals surface area contributed by atoms with Crippen LogP contribution in [0.4, 0.5) is 0 Å². The van der Waals surface area contributed by atoms with Gasteiger partial charge in [-0.3, -0.25) is 4.79 Å². The maximum Gasteiger partial charge on any atom is 0.242 e. The van der Waals surface area contributed by atoms with Gasteiger partial charge in [0.15, 0.2) is 0 Å². The molecule has 1 aliphatic heterocycles. The van der Waals surface area contributed by atoms with Crippen molar-refractivity contribution in [3.63, 3.8) is 0 Å². The highest BCUT2D eigenvalue weighted by Gasteiger charge is 2.31. The molecule has 0 bridgehead atoms. The van der Waals surface area contributed by atoms with Crippen LogP contribution < -0.4 is 5.73 Å². The molecule has 0 aromatic carbocycles. The van der Waals surface area contributed by atoms with Gasteiger partial charge in [0.1, 0.15) is 18.0 Å². The van der Waals surface area contributed by atoms with Crippen molar-refractivity contribution < 1.29 is 9.90 Å². The number of aliphatic hydroxyl groups is 1. The number of aryl methyl sites for hydroxylation is 1. The molecule has 2 heterocycles. The van der Waals surface area contributed by atoms with E-state index in [9.17, 15) is 9.90 Å². The zero-order valence-corrected chi connectivity index (χ0v) is 9.91. The van der Waals surface area contributed by atoms with Crippen LogP contribution in [-0.2, 0) is 11.8 Å². The minimum atomic E-state index is -1.05. The highest BCUT2D eigenvalue weighted by molar-refractivity contribution is 5.82. The van der Waals surface area contributed by atoms with E-state index in [1.807, 2.05) is 0 Å².